The molecule has 0 amide bonds. The Balaban J connectivity index is 2.36. The van der Waals surface area contributed by atoms with Gasteiger partial charge in [-0.3, -0.25) is 0 Å². The quantitative estimate of drug-likeness (QED) is 0.871. The largest absolute Gasteiger partial charge is 0.398 e. The maximum Gasteiger partial charge on any atom is 0.182 e. The second-order valence-electron chi connectivity index (χ2n) is 4.06. The maximum absolute atomic E-state index is 12.9. The van der Waals surface area contributed by atoms with E-state index in [1.54, 1.807) is 12.1 Å². The van der Waals surface area contributed by atoms with Gasteiger partial charge >= 0.3 is 0 Å². The molecule has 19 heavy (non-hydrogen) atoms. The lowest BCUT2D eigenvalue weighted by molar-refractivity contribution is 0.595. The van der Waals surface area contributed by atoms with Crippen molar-refractivity contribution in [3.8, 4) is 0 Å². The number of benzene rings is 2. The van der Waals surface area contributed by atoms with Crippen LogP contribution in [0.3, 0.4) is 0 Å². The van der Waals surface area contributed by atoms with Crippen LogP contribution in [0.4, 0.5) is 10.1 Å². The van der Waals surface area contributed by atoms with Gasteiger partial charge < -0.3 is 5.73 Å². The van der Waals surface area contributed by atoms with Crippen molar-refractivity contribution in [2.45, 2.75) is 10.6 Å². The molecule has 0 radical (unpaired) electrons. The van der Waals surface area contributed by atoms with Crippen molar-refractivity contribution in [1.82, 2.24) is 0 Å². The molecule has 6 heteroatoms. The van der Waals surface area contributed by atoms with Gasteiger partial charge in [-0.25, -0.2) is 12.8 Å². The van der Waals surface area contributed by atoms with Crippen LogP contribution < -0.4 is 5.73 Å². The molecule has 0 aliphatic rings. The fraction of sp³-hybridized carbons (Fsp3) is 0.0769. The van der Waals surface area contributed by atoms with Crippen molar-refractivity contribution in [3.05, 3.63) is 58.3 Å². The summed E-state index contributed by atoms with van der Waals surface area (Å²) in [6.07, 6.45) is 0. The summed E-state index contributed by atoms with van der Waals surface area (Å²) in [4.78, 5) is 0.200. The summed E-state index contributed by atoms with van der Waals surface area (Å²) in [5.41, 5.74) is 6.15. The SMILES string of the molecule is Nc1cc(F)ccc1CS(=O)(=O)c1cccc(Br)c1. The third-order valence-corrected chi connectivity index (χ3v) is 4.77. The summed E-state index contributed by atoms with van der Waals surface area (Å²) in [7, 11) is -3.50. The highest BCUT2D eigenvalue weighted by Crippen LogP contribution is 2.23. The van der Waals surface area contributed by atoms with Gasteiger partial charge in [0.1, 0.15) is 5.82 Å². The highest BCUT2D eigenvalue weighted by Gasteiger charge is 2.17. The lowest BCUT2D eigenvalue weighted by atomic mass is 10.2. The van der Waals surface area contributed by atoms with E-state index in [1.807, 2.05) is 0 Å². The van der Waals surface area contributed by atoms with Crippen LogP contribution in [0.25, 0.3) is 0 Å². The van der Waals surface area contributed by atoms with Crippen molar-refractivity contribution >= 4 is 31.5 Å². The van der Waals surface area contributed by atoms with Gasteiger partial charge in [-0.15, -0.1) is 0 Å². The molecule has 2 aromatic rings. The van der Waals surface area contributed by atoms with Gasteiger partial charge in [-0.05, 0) is 35.9 Å². The summed E-state index contributed by atoms with van der Waals surface area (Å²) in [6.45, 7) is 0. The minimum absolute atomic E-state index is 0.138. The minimum Gasteiger partial charge on any atom is -0.398 e. The molecule has 0 heterocycles. The van der Waals surface area contributed by atoms with E-state index < -0.39 is 15.7 Å². The first-order chi connectivity index (χ1) is 8.88. The van der Waals surface area contributed by atoms with Crippen LogP contribution in [0.1, 0.15) is 5.56 Å². The van der Waals surface area contributed by atoms with Crippen molar-refractivity contribution in [2.24, 2.45) is 0 Å². The Morgan fingerprint density at radius 2 is 1.89 bits per heavy atom. The Kier molecular flexibility index (Phi) is 3.91. The van der Waals surface area contributed by atoms with Gasteiger partial charge in [-0.1, -0.05) is 28.1 Å². The highest BCUT2D eigenvalue weighted by molar-refractivity contribution is 9.10. The van der Waals surface area contributed by atoms with Gasteiger partial charge in [0.15, 0.2) is 9.84 Å². The van der Waals surface area contributed by atoms with Crippen molar-refractivity contribution in [1.29, 1.82) is 0 Å². The molecule has 0 aliphatic heterocycles. The predicted octanol–water partition coefficient (Wildman–Crippen LogP) is 3.14. The average Bonchev–Trinajstić information content (AvgIpc) is 2.33. The van der Waals surface area contributed by atoms with Crippen LogP contribution in [0, 0.1) is 5.82 Å². The summed E-state index contributed by atoms with van der Waals surface area (Å²) < 4.78 is 38.0. The van der Waals surface area contributed by atoms with Gasteiger partial charge in [0, 0.05) is 10.2 Å². The number of halogens is 2. The highest BCUT2D eigenvalue weighted by atomic mass is 79.9. The molecule has 0 fully saturated rings. The van der Waals surface area contributed by atoms with Gasteiger partial charge in [-0.2, -0.15) is 0 Å². The Morgan fingerprint density at radius 1 is 1.16 bits per heavy atom. The monoisotopic (exact) mass is 343 g/mol. The van der Waals surface area contributed by atoms with Crippen LogP contribution in [0.5, 0.6) is 0 Å². The third-order valence-electron chi connectivity index (χ3n) is 2.61. The molecule has 2 rings (SSSR count). The predicted molar refractivity (Wildman–Crippen MR) is 75.8 cm³/mol. The number of nitrogens with two attached hydrogens (primary N) is 1. The number of anilines is 1. The number of sulfone groups is 1. The van der Waals surface area contributed by atoms with E-state index in [0.29, 0.717) is 10.0 Å². The first-order valence-electron chi connectivity index (χ1n) is 5.41. The molecule has 0 aromatic heterocycles. The molecule has 3 nitrogen and oxygen atoms in total. The first-order valence-corrected chi connectivity index (χ1v) is 7.85. The fourth-order valence-corrected chi connectivity index (χ4v) is 3.63. The molecule has 0 saturated carbocycles. The number of hydrogen-bond acceptors (Lipinski definition) is 3. The Labute approximate surface area is 119 Å². The van der Waals surface area contributed by atoms with E-state index in [4.69, 9.17) is 5.73 Å². The lowest BCUT2D eigenvalue weighted by Gasteiger charge is -2.07. The zero-order valence-electron chi connectivity index (χ0n) is 9.81. The second-order valence-corrected chi connectivity index (χ2v) is 6.96. The third kappa shape index (κ3) is 3.33. The standard InChI is InChI=1S/C13H11BrFNO2S/c14-10-2-1-3-12(6-10)19(17,18)8-9-4-5-11(15)7-13(9)16/h1-7H,8,16H2. The van der Waals surface area contributed by atoms with Gasteiger partial charge in [0.05, 0.1) is 10.6 Å². The molecule has 100 valence electrons. The molecule has 2 N–H and O–H groups in total. The average molecular weight is 344 g/mol. The fourth-order valence-electron chi connectivity index (χ4n) is 1.65. The van der Waals surface area contributed by atoms with Crippen molar-refractivity contribution in [3.63, 3.8) is 0 Å². The molecular weight excluding hydrogens is 333 g/mol. The molecule has 0 unspecified atom stereocenters. The smallest absolute Gasteiger partial charge is 0.182 e. The molecule has 2 aromatic carbocycles. The Hall–Kier alpha value is -1.40. The second kappa shape index (κ2) is 5.30. The van der Waals surface area contributed by atoms with Crippen molar-refractivity contribution in [2.75, 3.05) is 5.73 Å². The van der Waals surface area contributed by atoms with E-state index >= 15 is 0 Å². The van der Waals surface area contributed by atoms with E-state index in [-0.39, 0.29) is 16.3 Å². The molecular formula is C13H11BrFNO2S. The minimum atomic E-state index is -3.50. The summed E-state index contributed by atoms with van der Waals surface area (Å²) in [6, 6.07) is 10.1. The van der Waals surface area contributed by atoms with Gasteiger partial charge in [0.2, 0.25) is 0 Å². The molecule has 0 saturated heterocycles. The lowest BCUT2D eigenvalue weighted by Crippen LogP contribution is -2.07. The zero-order chi connectivity index (χ0) is 14.0. The molecule has 0 bridgehead atoms. The van der Waals surface area contributed by atoms with Crippen molar-refractivity contribution < 1.29 is 12.8 Å². The Bertz CT molecular complexity index is 716. The number of hydrogen-bond donors (Lipinski definition) is 1. The Morgan fingerprint density at radius 3 is 2.53 bits per heavy atom. The van der Waals surface area contributed by atoms with E-state index in [1.165, 1.54) is 24.3 Å². The van der Waals surface area contributed by atoms with E-state index in [2.05, 4.69) is 15.9 Å². The van der Waals surface area contributed by atoms with Crippen LogP contribution in [0.2, 0.25) is 0 Å². The van der Waals surface area contributed by atoms with E-state index in [0.717, 1.165) is 6.07 Å². The number of nitrogen functional groups attached to an aromatic ring is 1. The number of rotatable bonds is 3. The summed E-state index contributed by atoms with van der Waals surface area (Å²) in [5, 5.41) is 0. The van der Waals surface area contributed by atoms with Crippen LogP contribution in [-0.4, -0.2) is 8.42 Å². The van der Waals surface area contributed by atoms with Gasteiger partial charge in [0.25, 0.3) is 0 Å². The topological polar surface area (TPSA) is 60.2 Å². The molecule has 0 aliphatic carbocycles. The summed E-state index contributed by atoms with van der Waals surface area (Å²) >= 11 is 3.23. The van der Waals surface area contributed by atoms with Crippen LogP contribution in [-0.2, 0) is 15.6 Å². The molecule has 0 spiro atoms. The summed E-state index contributed by atoms with van der Waals surface area (Å²) in [5.74, 6) is -0.739. The van der Waals surface area contributed by atoms with Crippen LogP contribution in [0.15, 0.2) is 51.8 Å². The maximum atomic E-state index is 12.9. The van der Waals surface area contributed by atoms with E-state index in [9.17, 15) is 12.8 Å². The molecule has 0 atom stereocenters. The first kappa shape index (κ1) is 14.0. The normalized spacial score (nSPS) is 11.5. The zero-order valence-corrected chi connectivity index (χ0v) is 12.2. The van der Waals surface area contributed by atoms with Crippen LogP contribution >= 0.6 is 15.9 Å².